The van der Waals surface area contributed by atoms with E-state index in [9.17, 15) is 0 Å². The van der Waals surface area contributed by atoms with Gasteiger partial charge >= 0.3 is 0 Å². The van der Waals surface area contributed by atoms with Crippen molar-refractivity contribution in [1.82, 2.24) is 5.32 Å². The van der Waals surface area contributed by atoms with E-state index in [0.717, 1.165) is 24.5 Å². The standard InChI is InChI=1S/C19H23NO2/c1-14(2)22-17-9-8-15-10-11-20-19(18(15)12-17)13-21-16-6-4-3-5-7-16/h3-9,12,14,19-20H,10-11,13H2,1-2H3. The molecule has 0 saturated heterocycles. The van der Waals surface area contributed by atoms with Crippen molar-refractivity contribution >= 4 is 0 Å². The van der Waals surface area contributed by atoms with Gasteiger partial charge in [0.15, 0.2) is 0 Å². The molecule has 0 saturated carbocycles. The Balaban J connectivity index is 1.74. The number of benzene rings is 2. The Morgan fingerprint density at radius 3 is 2.68 bits per heavy atom. The second kappa shape index (κ2) is 6.84. The average molecular weight is 297 g/mol. The quantitative estimate of drug-likeness (QED) is 0.912. The highest BCUT2D eigenvalue weighted by molar-refractivity contribution is 5.39. The zero-order chi connectivity index (χ0) is 15.4. The van der Waals surface area contributed by atoms with Gasteiger partial charge in [0, 0.05) is 0 Å². The van der Waals surface area contributed by atoms with Crippen molar-refractivity contribution < 1.29 is 9.47 Å². The summed E-state index contributed by atoms with van der Waals surface area (Å²) in [6, 6.07) is 16.6. The average Bonchev–Trinajstić information content (AvgIpc) is 2.53. The summed E-state index contributed by atoms with van der Waals surface area (Å²) in [4.78, 5) is 0. The van der Waals surface area contributed by atoms with E-state index in [1.54, 1.807) is 0 Å². The highest BCUT2D eigenvalue weighted by Crippen LogP contribution is 2.28. The first-order chi connectivity index (χ1) is 10.7. The van der Waals surface area contributed by atoms with Crippen LogP contribution in [0.5, 0.6) is 11.5 Å². The Labute approximate surface area is 132 Å². The van der Waals surface area contributed by atoms with Crippen molar-refractivity contribution in [3.05, 3.63) is 59.7 Å². The molecule has 1 aliphatic heterocycles. The van der Waals surface area contributed by atoms with E-state index < -0.39 is 0 Å². The number of hydrogen-bond donors (Lipinski definition) is 1. The van der Waals surface area contributed by atoms with E-state index in [1.807, 2.05) is 44.2 Å². The maximum absolute atomic E-state index is 5.92. The van der Waals surface area contributed by atoms with Crippen LogP contribution in [0.2, 0.25) is 0 Å². The number of fused-ring (bicyclic) bond motifs is 1. The minimum absolute atomic E-state index is 0.189. The van der Waals surface area contributed by atoms with Crippen LogP contribution in [0.3, 0.4) is 0 Å². The van der Waals surface area contributed by atoms with Crippen LogP contribution in [0.25, 0.3) is 0 Å². The van der Waals surface area contributed by atoms with Crippen molar-refractivity contribution in [3.63, 3.8) is 0 Å². The summed E-state index contributed by atoms with van der Waals surface area (Å²) >= 11 is 0. The van der Waals surface area contributed by atoms with Crippen LogP contribution in [-0.2, 0) is 6.42 Å². The Bertz CT molecular complexity index is 610. The zero-order valence-electron chi connectivity index (χ0n) is 13.2. The Morgan fingerprint density at radius 2 is 1.91 bits per heavy atom. The van der Waals surface area contributed by atoms with Crippen molar-refractivity contribution in [2.45, 2.75) is 32.4 Å². The predicted molar refractivity (Wildman–Crippen MR) is 88.6 cm³/mol. The molecule has 1 unspecified atom stereocenters. The van der Waals surface area contributed by atoms with Crippen LogP contribution in [0.4, 0.5) is 0 Å². The third-order valence-electron chi connectivity index (χ3n) is 3.81. The van der Waals surface area contributed by atoms with Gasteiger partial charge in [-0.1, -0.05) is 24.3 Å². The van der Waals surface area contributed by atoms with Crippen molar-refractivity contribution in [2.75, 3.05) is 13.2 Å². The topological polar surface area (TPSA) is 30.5 Å². The number of hydrogen-bond acceptors (Lipinski definition) is 3. The molecule has 1 heterocycles. The monoisotopic (exact) mass is 297 g/mol. The molecule has 3 heteroatoms. The third-order valence-corrected chi connectivity index (χ3v) is 3.81. The molecule has 1 atom stereocenters. The fourth-order valence-electron chi connectivity index (χ4n) is 2.81. The molecule has 0 aliphatic carbocycles. The van der Waals surface area contributed by atoms with E-state index in [4.69, 9.17) is 9.47 Å². The lowest BCUT2D eigenvalue weighted by Gasteiger charge is -2.27. The number of ether oxygens (including phenoxy) is 2. The third kappa shape index (κ3) is 3.60. The van der Waals surface area contributed by atoms with Crippen LogP contribution in [0.15, 0.2) is 48.5 Å². The molecule has 0 radical (unpaired) electrons. The lowest BCUT2D eigenvalue weighted by Crippen LogP contribution is -2.33. The summed E-state index contributed by atoms with van der Waals surface area (Å²) in [5.74, 6) is 1.84. The molecule has 2 aromatic carbocycles. The van der Waals surface area contributed by atoms with Gasteiger partial charge < -0.3 is 14.8 Å². The highest BCUT2D eigenvalue weighted by atomic mass is 16.5. The van der Waals surface area contributed by atoms with Gasteiger partial charge in [0.05, 0.1) is 12.1 Å². The number of nitrogens with one attached hydrogen (secondary N) is 1. The lowest BCUT2D eigenvalue weighted by atomic mass is 9.94. The van der Waals surface area contributed by atoms with E-state index in [1.165, 1.54) is 11.1 Å². The zero-order valence-corrected chi connectivity index (χ0v) is 13.2. The normalized spacial score (nSPS) is 17.1. The van der Waals surface area contributed by atoms with Gasteiger partial charge in [-0.3, -0.25) is 0 Å². The van der Waals surface area contributed by atoms with Crippen LogP contribution in [0.1, 0.15) is 31.0 Å². The minimum Gasteiger partial charge on any atom is -0.492 e. The van der Waals surface area contributed by atoms with Gasteiger partial charge in [0.25, 0.3) is 0 Å². The van der Waals surface area contributed by atoms with Crippen LogP contribution in [0, 0.1) is 0 Å². The van der Waals surface area contributed by atoms with E-state index >= 15 is 0 Å². The Hall–Kier alpha value is -2.00. The van der Waals surface area contributed by atoms with E-state index in [2.05, 4.69) is 23.5 Å². The molecule has 0 amide bonds. The van der Waals surface area contributed by atoms with Gasteiger partial charge in [0.2, 0.25) is 0 Å². The lowest BCUT2D eigenvalue weighted by molar-refractivity contribution is 0.239. The molecule has 0 bridgehead atoms. The van der Waals surface area contributed by atoms with Crippen molar-refractivity contribution in [1.29, 1.82) is 0 Å². The SMILES string of the molecule is CC(C)Oc1ccc2c(c1)C(COc1ccccc1)NCC2. The maximum atomic E-state index is 5.92. The van der Waals surface area contributed by atoms with Crippen LogP contribution >= 0.6 is 0 Å². The van der Waals surface area contributed by atoms with Crippen LogP contribution in [-0.4, -0.2) is 19.3 Å². The Kier molecular flexibility index (Phi) is 4.64. The first kappa shape index (κ1) is 14.9. The first-order valence-electron chi connectivity index (χ1n) is 7.93. The van der Waals surface area contributed by atoms with E-state index in [-0.39, 0.29) is 12.1 Å². The van der Waals surface area contributed by atoms with Gasteiger partial charge in [-0.05, 0) is 62.2 Å². The molecule has 22 heavy (non-hydrogen) atoms. The molecule has 0 fully saturated rings. The Morgan fingerprint density at radius 1 is 1.09 bits per heavy atom. The van der Waals surface area contributed by atoms with Gasteiger partial charge in [0.1, 0.15) is 18.1 Å². The number of para-hydroxylation sites is 1. The fourth-order valence-corrected chi connectivity index (χ4v) is 2.81. The summed E-state index contributed by atoms with van der Waals surface area (Å²) in [6.07, 6.45) is 1.24. The van der Waals surface area contributed by atoms with Gasteiger partial charge in [-0.2, -0.15) is 0 Å². The molecular weight excluding hydrogens is 274 g/mol. The fraction of sp³-hybridized carbons (Fsp3) is 0.368. The summed E-state index contributed by atoms with van der Waals surface area (Å²) < 4.78 is 11.7. The molecular formula is C19H23NO2. The second-order valence-electron chi connectivity index (χ2n) is 5.91. The smallest absolute Gasteiger partial charge is 0.120 e. The summed E-state index contributed by atoms with van der Waals surface area (Å²) in [5.41, 5.74) is 2.68. The number of rotatable bonds is 5. The minimum atomic E-state index is 0.189. The van der Waals surface area contributed by atoms with Crippen molar-refractivity contribution in [3.8, 4) is 11.5 Å². The summed E-state index contributed by atoms with van der Waals surface area (Å²) in [7, 11) is 0. The molecule has 0 spiro atoms. The van der Waals surface area contributed by atoms with Crippen LogP contribution < -0.4 is 14.8 Å². The maximum Gasteiger partial charge on any atom is 0.120 e. The molecule has 0 aromatic heterocycles. The summed E-state index contributed by atoms with van der Waals surface area (Å²) in [6.45, 7) is 5.71. The second-order valence-corrected chi connectivity index (χ2v) is 5.91. The van der Waals surface area contributed by atoms with E-state index in [0.29, 0.717) is 6.61 Å². The summed E-state index contributed by atoms with van der Waals surface area (Å²) in [5, 5.41) is 3.55. The van der Waals surface area contributed by atoms with Gasteiger partial charge in [-0.15, -0.1) is 0 Å². The predicted octanol–water partition coefficient (Wildman–Crippen LogP) is 3.74. The van der Waals surface area contributed by atoms with Gasteiger partial charge in [-0.25, -0.2) is 0 Å². The molecule has 1 N–H and O–H groups in total. The highest BCUT2D eigenvalue weighted by Gasteiger charge is 2.21. The largest absolute Gasteiger partial charge is 0.492 e. The molecule has 2 aromatic rings. The molecule has 3 nitrogen and oxygen atoms in total. The first-order valence-corrected chi connectivity index (χ1v) is 7.93. The molecule has 1 aliphatic rings. The molecule has 116 valence electrons. The van der Waals surface area contributed by atoms with Crippen molar-refractivity contribution in [2.24, 2.45) is 0 Å². The molecule has 3 rings (SSSR count).